The monoisotopic (exact) mass is 523 g/mol. The largest absolute Gasteiger partial charge is 0.457 e. The van der Waals surface area contributed by atoms with E-state index in [1.165, 1.54) is 12.1 Å². The Kier molecular flexibility index (Phi) is 8.25. The van der Waals surface area contributed by atoms with Gasteiger partial charge in [0.05, 0.1) is 5.56 Å². The molecule has 0 saturated heterocycles. The lowest BCUT2D eigenvalue weighted by Gasteiger charge is -2.21. The lowest BCUT2D eigenvalue weighted by Crippen LogP contribution is -2.16. The summed E-state index contributed by atoms with van der Waals surface area (Å²) in [6.45, 7) is 7.06. The fourth-order valence-electron chi connectivity index (χ4n) is 4.13. The number of ether oxygens (including phenoxy) is 1. The highest BCUT2D eigenvalue weighted by Gasteiger charge is 2.36. The number of nitrogens with two attached hydrogens (primary N) is 1. The minimum atomic E-state index is -4.83. The maximum absolute atomic E-state index is 15.1. The van der Waals surface area contributed by atoms with Gasteiger partial charge in [-0.25, -0.2) is 13.2 Å². The van der Waals surface area contributed by atoms with Crippen molar-refractivity contribution in [1.82, 2.24) is 0 Å². The first kappa shape index (κ1) is 28.1. The smallest absolute Gasteiger partial charge is 0.416 e. The zero-order valence-electron chi connectivity index (χ0n) is 20.8. The second kappa shape index (κ2) is 10.9. The number of carbonyl (C=O) groups excluding carboxylic acids is 1. The molecule has 3 rings (SSSR count). The molecule has 0 aromatic heterocycles. The molecule has 3 aromatic carbocycles. The molecule has 37 heavy (non-hydrogen) atoms. The van der Waals surface area contributed by atoms with Crippen LogP contribution in [0.15, 0.2) is 42.5 Å². The molecule has 0 atom stereocenters. The van der Waals surface area contributed by atoms with Crippen LogP contribution in [0.5, 0.6) is 11.5 Å². The van der Waals surface area contributed by atoms with Crippen molar-refractivity contribution in [3.8, 4) is 22.6 Å². The van der Waals surface area contributed by atoms with Crippen molar-refractivity contribution in [3.63, 3.8) is 0 Å². The summed E-state index contributed by atoms with van der Waals surface area (Å²) >= 11 is 0. The van der Waals surface area contributed by atoms with E-state index in [1.54, 1.807) is 13.8 Å². The first-order chi connectivity index (χ1) is 17.1. The van der Waals surface area contributed by atoms with Gasteiger partial charge in [0.1, 0.15) is 29.0 Å². The second-order valence-corrected chi connectivity index (χ2v) is 9.75. The molecule has 3 aromatic rings. The zero-order valence-corrected chi connectivity index (χ0v) is 20.8. The number of halogens is 6. The molecular weight excluding hydrogens is 496 g/mol. The summed E-state index contributed by atoms with van der Waals surface area (Å²) in [7, 11) is 0. The summed E-state index contributed by atoms with van der Waals surface area (Å²) < 4.78 is 90.8. The van der Waals surface area contributed by atoms with E-state index in [0.29, 0.717) is 6.07 Å². The van der Waals surface area contributed by atoms with E-state index in [-0.39, 0.29) is 64.0 Å². The topological polar surface area (TPSA) is 52.3 Å². The van der Waals surface area contributed by atoms with Crippen LogP contribution in [0.3, 0.4) is 0 Å². The van der Waals surface area contributed by atoms with Gasteiger partial charge in [-0.1, -0.05) is 27.7 Å². The van der Waals surface area contributed by atoms with Crippen LogP contribution in [-0.4, -0.2) is 5.91 Å². The average Bonchev–Trinajstić information content (AvgIpc) is 2.73. The lowest BCUT2D eigenvalue weighted by atomic mass is 9.90. The van der Waals surface area contributed by atoms with Crippen molar-refractivity contribution in [3.05, 3.63) is 82.2 Å². The van der Waals surface area contributed by atoms with E-state index in [4.69, 9.17) is 10.5 Å². The normalized spacial score (nSPS) is 11.9. The number of primary amides is 1. The highest BCUT2D eigenvalue weighted by atomic mass is 19.4. The van der Waals surface area contributed by atoms with Gasteiger partial charge in [-0.15, -0.1) is 0 Å². The Morgan fingerprint density at radius 2 is 1.35 bits per heavy atom. The van der Waals surface area contributed by atoms with Gasteiger partial charge in [-0.2, -0.15) is 13.2 Å². The summed E-state index contributed by atoms with van der Waals surface area (Å²) in [6.07, 6.45) is -4.68. The van der Waals surface area contributed by atoms with Gasteiger partial charge < -0.3 is 10.5 Å². The molecule has 0 radical (unpaired) electrons. The number of hydrogen-bond donors (Lipinski definition) is 1. The van der Waals surface area contributed by atoms with Crippen LogP contribution in [0.25, 0.3) is 11.1 Å². The molecule has 0 heterocycles. The Labute approximate surface area is 211 Å². The third-order valence-corrected chi connectivity index (χ3v) is 5.60. The first-order valence-corrected chi connectivity index (χ1v) is 11.7. The molecule has 0 aliphatic carbocycles. The van der Waals surface area contributed by atoms with E-state index in [1.807, 2.05) is 13.8 Å². The van der Waals surface area contributed by atoms with Crippen LogP contribution >= 0.6 is 0 Å². The SMILES string of the molecule is CC(C)Cc1c(F)cc(-c2cc(Oc3cc(F)cc(F)c3)c(CC(C)C)c(C(F)(F)F)c2)cc1C(N)=O. The fraction of sp³-hybridized carbons (Fsp3) is 0.321. The predicted molar refractivity (Wildman–Crippen MR) is 129 cm³/mol. The molecule has 0 bridgehead atoms. The third-order valence-electron chi connectivity index (χ3n) is 5.60. The molecule has 0 saturated carbocycles. The second-order valence-electron chi connectivity index (χ2n) is 9.75. The summed E-state index contributed by atoms with van der Waals surface area (Å²) in [4.78, 5) is 12.1. The Morgan fingerprint density at radius 3 is 1.86 bits per heavy atom. The number of carbonyl (C=O) groups is 1. The van der Waals surface area contributed by atoms with Crippen LogP contribution in [0.4, 0.5) is 26.3 Å². The van der Waals surface area contributed by atoms with Crippen LogP contribution in [0.2, 0.25) is 0 Å². The molecular formula is C28H27F6NO2. The number of amides is 1. The molecule has 0 unspecified atom stereocenters. The number of benzene rings is 3. The van der Waals surface area contributed by atoms with Crippen LogP contribution in [-0.2, 0) is 19.0 Å². The third kappa shape index (κ3) is 6.84. The summed E-state index contributed by atoms with van der Waals surface area (Å²) in [5.74, 6) is -4.53. The molecule has 9 heteroatoms. The van der Waals surface area contributed by atoms with Gasteiger partial charge >= 0.3 is 6.18 Å². The minimum Gasteiger partial charge on any atom is -0.457 e. The maximum Gasteiger partial charge on any atom is 0.416 e. The molecule has 3 nitrogen and oxygen atoms in total. The van der Waals surface area contributed by atoms with E-state index in [0.717, 1.165) is 24.3 Å². The zero-order chi connectivity index (χ0) is 27.7. The van der Waals surface area contributed by atoms with Crippen molar-refractivity contribution in [1.29, 1.82) is 0 Å². The number of alkyl halides is 3. The van der Waals surface area contributed by atoms with Crippen LogP contribution < -0.4 is 10.5 Å². The van der Waals surface area contributed by atoms with Crippen molar-refractivity contribution in [2.75, 3.05) is 0 Å². The Morgan fingerprint density at radius 1 is 0.811 bits per heavy atom. The standard InChI is InChI=1S/C28H27F6NO2/c1-14(2)5-21-22(27(35)36)7-16(9-25(21)31)17-8-24(28(32,33)34)23(6-15(3)4)26(10-17)37-20-12-18(29)11-19(30)13-20/h7-15H,5-6H2,1-4H3,(H2,35,36). The molecule has 0 aliphatic rings. The summed E-state index contributed by atoms with van der Waals surface area (Å²) in [6, 6.07) is 6.64. The summed E-state index contributed by atoms with van der Waals surface area (Å²) in [5, 5.41) is 0. The Bertz CT molecular complexity index is 1290. The fourth-order valence-corrected chi connectivity index (χ4v) is 4.13. The number of rotatable bonds is 8. The van der Waals surface area contributed by atoms with E-state index in [2.05, 4.69) is 0 Å². The Hall–Kier alpha value is -3.49. The Balaban J connectivity index is 2.30. The molecule has 198 valence electrons. The number of hydrogen-bond acceptors (Lipinski definition) is 2. The predicted octanol–water partition coefficient (Wildman–Crippen LogP) is 8.08. The highest BCUT2D eigenvalue weighted by Crippen LogP contribution is 2.42. The van der Waals surface area contributed by atoms with Gasteiger partial charge in [-0.05, 0) is 60.1 Å². The quantitative estimate of drug-likeness (QED) is 0.304. The highest BCUT2D eigenvalue weighted by molar-refractivity contribution is 5.96. The van der Waals surface area contributed by atoms with Crippen LogP contribution in [0.1, 0.15) is 54.7 Å². The molecule has 0 aliphatic heterocycles. The first-order valence-electron chi connectivity index (χ1n) is 11.7. The van der Waals surface area contributed by atoms with Gasteiger partial charge in [0.15, 0.2) is 0 Å². The van der Waals surface area contributed by atoms with Gasteiger partial charge in [0, 0.05) is 34.9 Å². The molecule has 1 amide bonds. The molecule has 2 N–H and O–H groups in total. The van der Waals surface area contributed by atoms with E-state index >= 15 is 4.39 Å². The van der Waals surface area contributed by atoms with Gasteiger partial charge in [0.25, 0.3) is 0 Å². The summed E-state index contributed by atoms with van der Waals surface area (Å²) in [5.41, 5.74) is 4.00. The van der Waals surface area contributed by atoms with Crippen molar-refractivity contribution in [2.24, 2.45) is 17.6 Å². The van der Waals surface area contributed by atoms with E-state index in [9.17, 15) is 26.7 Å². The van der Waals surface area contributed by atoms with E-state index < -0.39 is 35.1 Å². The molecule has 0 spiro atoms. The molecule has 0 fully saturated rings. The van der Waals surface area contributed by atoms with Crippen molar-refractivity contribution in [2.45, 2.75) is 46.7 Å². The minimum absolute atomic E-state index is 0.0164. The van der Waals surface area contributed by atoms with Crippen molar-refractivity contribution < 1.29 is 35.9 Å². The van der Waals surface area contributed by atoms with Crippen LogP contribution in [0, 0.1) is 29.3 Å². The van der Waals surface area contributed by atoms with Crippen molar-refractivity contribution >= 4 is 5.91 Å². The van der Waals surface area contributed by atoms with Gasteiger partial charge in [0.2, 0.25) is 5.91 Å². The average molecular weight is 524 g/mol. The maximum atomic E-state index is 15.1. The van der Waals surface area contributed by atoms with Gasteiger partial charge in [-0.3, -0.25) is 4.79 Å². The lowest BCUT2D eigenvalue weighted by molar-refractivity contribution is -0.138.